The van der Waals surface area contributed by atoms with E-state index in [1.54, 1.807) is 13.8 Å². The van der Waals surface area contributed by atoms with Crippen molar-refractivity contribution in [3.63, 3.8) is 0 Å². The number of alkyl halides is 2. The van der Waals surface area contributed by atoms with Crippen molar-refractivity contribution in [2.45, 2.75) is 57.0 Å². The fourth-order valence-corrected chi connectivity index (χ4v) is 4.33. The number of carbonyl (C=O) groups is 3. The van der Waals surface area contributed by atoms with Gasteiger partial charge in [0, 0.05) is 12.3 Å². The zero-order valence-corrected chi connectivity index (χ0v) is 19.0. The van der Waals surface area contributed by atoms with Gasteiger partial charge in [-0.1, -0.05) is 62.4 Å². The maximum Gasteiger partial charge on any atom is 0.408 e. The van der Waals surface area contributed by atoms with Crippen molar-refractivity contribution in [3.05, 3.63) is 59.7 Å². The first-order valence-electron chi connectivity index (χ1n) is 11.2. The van der Waals surface area contributed by atoms with E-state index in [4.69, 9.17) is 9.84 Å². The highest BCUT2D eigenvalue weighted by molar-refractivity contribution is 5.92. The van der Waals surface area contributed by atoms with Crippen molar-refractivity contribution < 1.29 is 33.0 Å². The van der Waals surface area contributed by atoms with Crippen LogP contribution >= 0.6 is 0 Å². The number of benzene rings is 2. The molecule has 0 saturated carbocycles. The summed E-state index contributed by atoms with van der Waals surface area (Å²) < 4.78 is 30.9. The van der Waals surface area contributed by atoms with E-state index in [0.717, 1.165) is 22.3 Å². The Hall–Kier alpha value is -3.49. The predicted molar refractivity (Wildman–Crippen MR) is 122 cm³/mol. The summed E-state index contributed by atoms with van der Waals surface area (Å²) in [5.41, 5.74) is 2.70. The van der Waals surface area contributed by atoms with Gasteiger partial charge in [-0.15, -0.1) is 0 Å². The minimum Gasteiger partial charge on any atom is -0.480 e. The number of ether oxygens (including phenoxy) is 1. The van der Waals surface area contributed by atoms with E-state index < -0.39 is 42.4 Å². The molecule has 0 saturated heterocycles. The molecule has 0 bridgehead atoms. The summed E-state index contributed by atoms with van der Waals surface area (Å²) >= 11 is 0. The molecule has 7 nitrogen and oxygen atoms in total. The van der Waals surface area contributed by atoms with Gasteiger partial charge >= 0.3 is 12.1 Å². The van der Waals surface area contributed by atoms with Crippen molar-refractivity contribution in [2.75, 3.05) is 6.61 Å². The molecule has 1 unspecified atom stereocenters. The first-order valence-corrected chi connectivity index (χ1v) is 11.2. The molecule has 3 rings (SSSR count). The van der Waals surface area contributed by atoms with Crippen molar-refractivity contribution >= 4 is 18.0 Å². The molecule has 0 fully saturated rings. The van der Waals surface area contributed by atoms with Gasteiger partial charge in [0.05, 0.1) is 0 Å². The van der Waals surface area contributed by atoms with Crippen LogP contribution < -0.4 is 10.6 Å². The summed E-state index contributed by atoms with van der Waals surface area (Å²) in [6.07, 6.45) is -4.56. The van der Waals surface area contributed by atoms with Gasteiger partial charge in [0.1, 0.15) is 18.2 Å². The van der Waals surface area contributed by atoms with Gasteiger partial charge in [-0.05, 0) is 35.1 Å². The normalized spacial score (nSPS) is 13.7. The van der Waals surface area contributed by atoms with Crippen LogP contribution in [-0.4, -0.2) is 47.7 Å². The Morgan fingerprint density at radius 2 is 1.53 bits per heavy atom. The van der Waals surface area contributed by atoms with Gasteiger partial charge < -0.3 is 20.5 Å². The molecule has 2 amide bonds. The largest absolute Gasteiger partial charge is 0.480 e. The number of carboxylic acid groups (broad SMARTS) is 1. The molecular weight excluding hydrogens is 446 g/mol. The topological polar surface area (TPSA) is 105 Å². The van der Waals surface area contributed by atoms with E-state index in [-0.39, 0.29) is 25.4 Å². The highest BCUT2D eigenvalue weighted by Gasteiger charge is 2.40. The summed E-state index contributed by atoms with van der Waals surface area (Å²) in [4.78, 5) is 36.9. The van der Waals surface area contributed by atoms with Crippen molar-refractivity contribution in [1.82, 2.24) is 10.6 Å². The quantitative estimate of drug-likeness (QED) is 0.476. The van der Waals surface area contributed by atoms with Gasteiger partial charge in [0.2, 0.25) is 12.3 Å². The van der Waals surface area contributed by atoms with Crippen LogP contribution in [-0.2, 0) is 14.3 Å². The van der Waals surface area contributed by atoms with Crippen LogP contribution in [0.15, 0.2) is 48.5 Å². The lowest BCUT2D eigenvalue weighted by Crippen LogP contribution is -2.61. The van der Waals surface area contributed by atoms with Crippen LogP contribution in [0.3, 0.4) is 0 Å². The van der Waals surface area contributed by atoms with E-state index >= 15 is 0 Å². The lowest BCUT2D eigenvalue weighted by atomic mass is 9.91. The Bertz CT molecular complexity index is 1010. The number of aliphatic carboxylic acids is 1. The van der Waals surface area contributed by atoms with E-state index in [1.807, 2.05) is 48.5 Å². The molecule has 0 aliphatic heterocycles. The molecule has 0 aromatic heterocycles. The second kappa shape index (κ2) is 10.6. The molecule has 1 aliphatic rings. The third-order valence-electron chi connectivity index (χ3n) is 6.34. The first kappa shape index (κ1) is 25.1. The number of amides is 2. The second-order valence-electron chi connectivity index (χ2n) is 8.23. The average Bonchev–Trinajstić information content (AvgIpc) is 3.14. The Kier molecular flexibility index (Phi) is 7.86. The van der Waals surface area contributed by atoms with E-state index in [2.05, 4.69) is 10.6 Å². The molecule has 1 atom stereocenters. The molecule has 2 aromatic rings. The molecule has 0 heterocycles. The van der Waals surface area contributed by atoms with Crippen LogP contribution in [0.1, 0.15) is 50.2 Å². The van der Waals surface area contributed by atoms with E-state index in [0.29, 0.717) is 0 Å². The van der Waals surface area contributed by atoms with Crippen LogP contribution in [0.5, 0.6) is 0 Å². The molecule has 1 aliphatic carbocycles. The number of hydrogen-bond donors (Lipinski definition) is 3. The molecule has 2 aromatic carbocycles. The number of carbonyl (C=O) groups excluding carboxylic acids is 2. The maximum absolute atomic E-state index is 12.9. The Morgan fingerprint density at radius 3 is 2.00 bits per heavy atom. The summed E-state index contributed by atoms with van der Waals surface area (Å²) in [7, 11) is 0. The highest BCUT2D eigenvalue weighted by atomic mass is 19.3. The van der Waals surface area contributed by atoms with Gasteiger partial charge in [-0.2, -0.15) is 0 Å². The maximum atomic E-state index is 12.9. The standard InChI is InChI=1S/C25H28F2N2O5/c1-3-25(4-2,23(32)28-20(22(30)31)13-21(26)27)29-24(33)34-14-19-17-11-7-5-9-15(17)16-10-6-8-12-18(16)19/h5-12,19-21H,3-4,13-14H2,1-2H3,(H,28,32)(H,29,33)(H,30,31). The van der Waals surface area contributed by atoms with E-state index in [9.17, 15) is 23.2 Å². The Morgan fingerprint density at radius 1 is 1.00 bits per heavy atom. The number of fused-ring (bicyclic) bond motifs is 3. The fourth-order valence-electron chi connectivity index (χ4n) is 4.33. The highest BCUT2D eigenvalue weighted by Crippen LogP contribution is 2.44. The molecule has 0 spiro atoms. The zero-order valence-electron chi connectivity index (χ0n) is 19.0. The smallest absolute Gasteiger partial charge is 0.408 e. The summed E-state index contributed by atoms with van der Waals surface area (Å²) in [6, 6.07) is 13.9. The minimum absolute atomic E-state index is 0.0358. The van der Waals surface area contributed by atoms with Gasteiger partial charge in [0.15, 0.2) is 0 Å². The van der Waals surface area contributed by atoms with Crippen molar-refractivity contribution in [2.24, 2.45) is 0 Å². The van der Waals surface area contributed by atoms with Crippen LogP contribution in [0.25, 0.3) is 11.1 Å². The molecular formula is C25H28F2N2O5. The summed E-state index contributed by atoms with van der Waals surface area (Å²) in [5, 5.41) is 13.8. The zero-order chi connectivity index (χ0) is 24.9. The number of nitrogens with one attached hydrogen (secondary N) is 2. The lowest BCUT2D eigenvalue weighted by molar-refractivity contribution is -0.144. The number of alkyl carbamates (subject to hydrolysis) is 1. The minimum atomic E-state index is -2.91. The van der Waals surface area contributed by atoms with E-state index in [1.165, 1.54) is 0 Å². The number of hydrogen-bond acceptors (Lipinski definition) is 4. The second-order valence-corrected chi connectivity index (χ2v) is 8.23. The summed E-state index contributed by atoms with van der Waals surface area (Å²) in [6.45, 7) is 3.31. The summed E-state index contributed by atoms with van der Waals surface area (Å²) in [5.74, 6) is -2.60. The first-order chi connectivity index (χ1) is 16.2. The van der Waals surface area contributed by atoms with Crippen molar-refractivity contribution in [1.29, 1.82) is 0 Å². The van der Waals surface area contributed by atoms with Crippen molar-refractivity contribution in [3.8, 4) is 11.1 Å². The van der Waals surface area contributed by atoms with Crippen LogP contribution in [0.2, 0.25) is 0 Å². The van der Waals surface area contributed by atoms with Crippen LogP contribution in [0.4, 0.5) is 13.6 Å². The van der Waals surface area contributed by atoms with Gasteiger partial charge in [-0.25, -0.2) is 18.4 Å². The Labute approximate surface area is 196 Å². The molecule has 34 heavy (non-hydrogen) atoms. The molecule has 3 N–H and O–H groups in total. The van der Waals surface area contributed by atoms with Gasteiger partial charge in [-0.3, -0.25) is 4.79 Å². The lowest BCUT2D eigenvalue weighted by Gasteiger charge is -2.32. The van der Waals surface area contributed by atoms with Crippen LogP contribution in [0, 0.1) is 0 Å². The molecule has 0 radical (unpaired) electrons. The molecule has 182 valence electrons. The third-order valence-corrected chi connectivity index (χ3v) is 6.34. The third kappa shape index (κ3) is 5.18. The number of carboxylic acids is 1. The average molecular weight is 475 g/mol. The monoisotopic (exact) mass is 474 g/mol. The number of rotatable bonds is 10. The number of halogens is 2. The Balaban J connectivity index is 1.71. The SMILES string of the molecule is CCC(CC)(NC(=O)OCC1c2ccccc2-c2ccccc21)C(=O)NC(CC(F)F)C(=O)O. The molecule has 9 heteroatoms. The van der Waals surface area contributed by atoms with Gasteiger partial charge in [0.25, 0.3) is 0 Å². The fraction of sp³-hybridized carbons (Fsp3) is 0.400. The predicted octanol–water partition coefficient (Wildman–Crippen LogP) is 4.31.